The number of carboxylic acids is 1. The molecule has 0 radical (unpaired) electrons. The lowest BCUT2D eigenvalue weighted by Crippen LogP contribution is -2.54. The second-order valence-corrected chi connectivity index (χ2v) is 3.49. The Morgan fingerprint density at radius 1 is 1.56 bits per heavy atom. The first-order valence-electron chi connectivity index (χ1n) is 4.85. The summed E-state index contributed by atoms with van der Waals surface area (Å²) in [7, 11) is 0. The maximum Gasteiger partial charge on any atom is 0.322 e. The number of hydrogen-bond acceptors (Lipinski definition) is 5. The molecule has 16 heavy (non-hydrogen) atoms. The number of carboxylic acid groups (broad SMARTS) is 1. The molecule has 0 unspecified atom stereocenters. The molecule has 2 N–H and O–H groups in total. The van der Waals surface area contributed by atoms with Gasteiger partial charge in [-0.3, -0.25) is 4.79 Å². The van der Waals surface area contributed by atoms with Gasteiger partial charge in [-0.1, -0.05) is 0 Å². The van der Waals surface area contributed by atoms with Gasteiger partial charge in [-0.15, -0.1) is 0 Å². The van der Waals surface area contributed by atoms with Crippen LogP contribution in [0.25, 0.3) is 0 Å². The highest BCUT2D eigenvalue weighted by molar-refractivity contribution is 5.74. The standard InChI is InChI=1S/C9H11FN4O2/c10-6-3-12-9(13-4-6)14-2-1-11-7(5-14)8(15)16/h3-4,7,11H,1-2,5H2,(H,15,16)/t7-/m0/s1. The maximum atomic E-state index is 12.6. The minimum absolute atomic E-state index is 0.279. The molecule has 1 aromatic heterocycles. The number of rotatable bonds is 2. The van der Waals surface area contributed by atoms with Crippen LogP contribution in [0.1, 0.15) is 0 Å². The van der Waals surface area contributed by atoms with Crippen molar-refractivity contribution in [3.63, 3.8) is 0 Å². The van der Waals surface area contributed by atoms with Gasteiger partial charge in [0.1, 0.15) is 6.04 Å². The summed E-state index contributed by atoms with van der Waals surface area (Å²) in [6.45, 7) is 1.42. The lowest BCUT2D eigenvalue weighted by atomic mass is 10.2. The smallest absolute Gasteiger partial charge is 0.322 e. The minimum atomic E-state index is -0.910. The fourth-order valence-corrected chi connectivity index (χ4v) is 1.57. The van der Waals surface area contributed by atoms with Crippen LogP contribution in [0.15, 0.2) is 12.4 Å². The lowest BCUT2D eigenvalue weighted by Gasteiger charge is -2.31. The van der Waals surface area contributed by atoms with E-state index < -0.39 is 17.8 Å². The molecule has 0 spiro atoms. The van der Waals surface area contributed by atoms with Crippen molar-refractivity contribution >= 4 is 11.9 Å². The van der Waals surface area contributed by atoms with Gasteiger partial charge >= 0.3 is 5.97 Å². The summed E-state index contributed by atoms with van der Waals surface area (Å²) < 4.78 is 12.6. The second kappa shape index (κ2) is 4.40. The van der Waals surface area contributed by atoms with Crippen LogP contribution in [-0.4, -0.2) is 46.7 Å². The lowest BCUT2D eigenvalue weighted by molar-refractivity contribution is -0.139. The van der Waals surface area contributed by atoms with Crippen molar-refractivity contribution in [3.05, 3.63) is 18.2 Å². The molecule has 1 aliphatic heterocycles. The van der Waals surface area contributed by atoms with E-state index in [-0.39, 0.29) is 6.54 Å². The Hall–Kier alpha value is -1.76. The Labute approximate surface area is 91.1 Å². The van der Waals surface area contributed by atoms with Crippen LogP contribution < -0.4 is 10.2 Å². The number of aliphatic carboxylic acids is 1. The van der Waals surface area contributed by atoms with Crippen LogP contribution in [0, 0.1) is 5.82 Å². The van der Waals surface area contributed by atoms with E-state index in [1.54, 1.807) is 4.90 Å². The number of nitrogens with zero attached hydrogens (tertiary/aromatic N) is 3. The van der Waals surface area contributed by atoms with E-state index in [4.69, 9.17) is 5.11 Å². The molecular formula is C9H11FN4O2. The summed E-state index contributed by atoms with van der Waals surface area (Å²) in [5, 5.41) is 11.7. The van der Waals surface area contributed by atoms with Gasteiger partial charge in [-0.05, 0) is 0 Å². The molecule has 1 aromatic rings. The summed E-state index contributed by atoms with van der Waals surface area (Å²) in [6.07, 6.45) is 2.14. The summed E-state index contributed by atoms with van der Waals surface area (Å²) in [5.74, 6) is -1.06. The molecule has 1 atom stereocenters. The van der Waals surface area contributed by atoms with Crippen molar-refractivity contribution in [2.75, 3.05) is 24.5 Å². The highest BCUT2D eigenvalue weighted by Gasteiger charge is 2.25. The van der Waals surface area contributed by atoms with E-state index in [2.05, 4.69) is 15.3 Å². The quantitative estimate of drug-likeness (QED) is 0.706. The zero-order valence-electron chi connectivity index (χ0n) is 8.43. The van der Waals surface area contributed by atoms with Crippen molar-refractivity contribution in [3.8, 4) is 0 Å². The Kier molecular flexibility index (Phi) is 2.95. The molecule has 0 saturated carbocycles. The molecule has 2 rings (SSSR count). The largest absolute Gasteiger partial charge is 0.480 e. The third kappa shape index (κ3) is 2.25. The molecule has 0 aromatic carbocycles. The van der Waals surface area contributed by atoms with Gasteiger partial charge in [-0.2, -0.15) is 0 Å². The molecule has 0 bridgehead atoms. The predicted octanol–water partition coefficient (Wildman–Crippen LogP) is -0.522. The number of piperazine rings is 1. The first-order chi connectivity index (χ1) is 7.66. The zero-order chi connectivity index (χ0) is 11.5. The monoisotopic (exact) mass is 226 g/mol. The first-order valence-corrected chi connectivity index (χ1v) is 4.85. The van der Waals surface area contributed by atoms with Crippen LogP contribution in [0.4, 0.5) is 10.3 Å². The number of nitrogens with one attached hydrogen (secondary N) is 1. The Morgan fingerprint density at radius 2 is 2.25 bits per heavy atom. The molecule has 7 heteroatoms. The van der Waals surface area contributed by atoms with Crippen LogP contribution in [0.5, 0.6) is 0 Å². The van der Waals surface area contributed by atoms with Gasteiger partial charge in [-0.25, -0.2) is 14.4 Å². The predicted molar refractivity (Wildman–Crippen MR) is 53.6 cm³/mol. The van der Waals surface area contributed by atoms with Gasteiger partial charge < -0.3 is 15.3 Å². The molecule has 1 fully saturated rings. The van der Waals surface area contributed by atoms with Gasteiger partial charge in [0.25, 0.3) is 0 Å². The Morgan fingerprint density at radius 3 is 2.88 bits per heavy atom. The van der Waals surface area contributed by atoms with E-state index in [0.717, 1.165) is 12.4 Å². The number of hydrogen-bond donors (Lipinski definition) is 2. The third-order valence-electron chi connectivity index (χ3n) is 2.36. The Balaban J connectivity index is 2.09. The van der Waals surface area contributed by atoms with Gasteiger partial charge in [0.2, 0.25) is 5.95 Å². The summed E-state index contributed by atoms with van der Waals surface area (Å²) in [6, 6.07) is -0.637. The van der Waals surface area contributed by atoms with Crippen molar-refractivity contribution in [1.82, 2.24) is 15.3 Å². The minimum Gasteiger partial charge on any atom is -0.480 e. The van der Waals surface area contributed by atoms with Crippen molar-refractivity contribution < 1.29 is 14.3 Å². The van der Waals surface area contributed by atoms with Gasteiger partial charge in [0.05, 0.1) is 12.4 Å². The van der Waals surface area contributed by atoms with Gasteiger partial charge in [0, 0.05) is 19.6 Å². The normalized spacial score (nSPS) is 20.8. The van der Waals surface area contributed by atoms with Gasteiger partial charge in [0.15, 0.2) is 5.82 Å². The number of aromatic nitrogens is 2. The molecule has 6 nitrogen and oxygen atoms in total. The molecule has 86 valence electrons. The Bertz CT molecular complexity index is 384. The fraction of sp³-hybridized carbons (Fsp3) is 0.444. The van der Waals surface area contributed by atoms with Crippen LogP contribution in [0.2, 0.25) is 0 Å². The zero-order valence-corrected chi connectivity index (χ0v) is 8.43. The highest BCUT2D eigenvalue weighted by atomic mass is 19.1. The SMILES string of the molecule is O=C(O)[C@@H]1CN(c2ncc(F)cn2)CCN1. The van der Waals surface area contributed by atoms with Crippen molar-refractivity contribution in [2.24, 2.45) is 0 Å². The van der Waals surface area contributed by atoms with Crippen molar-refractivity contribution in [1.29, 1.82) is 0 Å². The first kappa shape index (κ1) is 10.7. The molecule has 2 heterocycles. The van der Waals surface area contributed by atoms with Crippen LogP contribution in [-0.2, 0) is 4.79 Å². The summed E-state index contributed by atoms with van der Waals surface area (Å²) >= 11 is 0. The number of carbonyl (C=O) groups is 1. The second-order valence-electron chi connectivity index (χ2n) is 3.49. The number of anilines is 1. The fourth-order valence-electron chi connectivity index (χ4n) is 1.57. The van der Waals surface area contributed by atoms with Crippen molar-refractivity contribution in [2.45, 2.75) is 6.04 Å². The van der Waals surface area contributed by atoms with Crippen LogP contribution >= 0.6 is 0 Å². The maximum absolute atomic E-state index is 12.6. The third-order valence-corrected chi connectivity index (χ3v) is 2.36. The van der Waals surface area contributed by atoms with E-state index in [1.165, 1.54) is 0 Å². The summed E-state index contributed by atoms with van der Waals surface area (Å²) in [5.41, 5.74) is 0. The molecular weight excluding hydrogens is 215 g/mol. The molecule has 0 aliphatic carbocycles. The molecule has 0 amide bonds. The van der Waals surface area contributed by atoms with E-state index >= 15 is 0 Å². The average Bonchev–Trinajstić information content (AvgIpc) is 2.30. The topological polar surface area (TPSA) is 78.3 Å². The summed E-state index contributed by atoms with van der Waals surface area (Å²) in [4.78, 5) is 20.1. The highest BCUT2D eigenvalue weighted by Crippen LogP contribution is 2.09. The molecule has 1 aliphatic rings. The average molecular weight is 226 g/mol. The molecule has 1 saturated heterocycles. The van der Waals surface area contributed by atoms with E-state index in [1.807, 2.05) is 0 Å². The van der Waals surface area contributed by atoms with E-state index in [9.17, 15) is 9.18 Å². The number of halogens is 1. The van der Waals surface area contributed by atoms with E-state index in [0.29, 0.717) is 19.0 Å². The van der Waals surface area contributed by atoms with Crippen LogP contribution in [0.3, 0.4) is 0 Å².